The average molecular weight is 233 g/mol. The highest BCUT2D eigenvalue weighted by atomic mass is 79.9. The molecule has 2 heterocycles. The fourth-order valence-electron chi connectivity index (χ4n) is 1.34. The summed E-state index contributed by atoms with van der Waals surface area (Å²) in [5.74, 6) is 1.05. The van der Waals surface area contributed by atoms with E-state index in [1.165, 1.54) is 0 Å². The highest BCUT2D eigenvalue weighted by Gasteiger charge is 2.30. The number of hydrogen-bond acceptors (Lipinski definition) is 4. The molecule has 2 rings (SSSR count). The molecule has 0 bridgehead atoms. The Balaban J connectivity index is 2.19. The van der Waals surface area contributed by atoms with Crippen LogP contribution in [0.3, 0.4) is 0 Å². The van der Waals surface area contributed by atoms with Crippen LogP contribution < -0.4 is 0 Å². The molecule has 2 unspecified atom stereocenters. The lowest BCUT2D eigenvalue weighted by Gasteiger charge is -2.07. The van der Waals surface area contributed by atoms with Crippen molar-refractivity contribution in [2.45, 2.75) is 19.4 Å². The third-order valence-electron chi connectivity index (χ3n) is 2.05. The van der Waals surface area contributed by atoms with E-state index in [0.717, 1.165) is 13.0 Å². The van der Waals surface area contributed by atoms with E-state index in [2.05, 4.69) is 33.1 Å². The van der Waals surface area contributed by atoms with Gasteiger partial charge in [-0.3, -0.25) is 0 Å². The van der Waals surface area contributed by atoms with E-state index in [-0.39, 0.29) is 6.10 Å². The molecule has 0 aliphatic carbocycles. The van der Waals surface area contributed by atoms with Gasteiger partial charge in [-0.2, -0.15) is 0 Å². The first kappa shape index (κ1) is 8.19. The summed E-state index contributed by atoms with van der Waals surface area (Å²) >= 11 is 3.10. The summed E-state index contributed by atoms with van der Waals surface area (Å²) in [6.45, 7) is 2.90. The summed E-state index contributed by atoms with van der Waals surface area (Å²) < 4.78 is 10.7. The summed E-state index contributed by atoms with van der Waals surface area (Å²) in [5.41, 5.74) is 0. The Morgan fingerprint density at radius 2 is 2.33 bits per heavy atom. The molecule has 12 heavy (non-hydrogen) atoms. The maximum atomic E-state index is 5.45. The molecule has 0 amide bonds. The van der Waals surface area contributed by atoms with Crippen molar-refractivity contribution in [1.82, 2.24) is 10.2 Å². The molecular weight excluding hydrogens is 224 g/mol. The number of rotatable bonds is 1. The van der Waals surface area contributed by atoms with Gasteiger partial charge >= 0.3 is 0 Å². The van der Waals surface area contributed by atoms with E-state index >= 15 is 0 Å². The van der Waals surface area contributed by atoms with Gasteiger partial charge in [-0.25, -0.2) is 0 Å². The van der Waals surface area contributed by atoms with Gasteiger partial charge in [-0.1, -0.05) is 6.92 Å². The van der Waals surface area contributed by atoms with Gasteiger partial charge < -0.3 is 9.15 Å². The van der Waals surface area contributed by atoms with Gasteiger partial charge in [0.25, 0.3) is 4.80 Å². The average Bonchev–Trinajstić information content (AvgIpc) is 2.58. The van der Waals surface area contributed by atoms with Crippen LogP contribution in [0.15, 0.2) is 9.22 Å². The Kier molecular flexibility index (Phi) is 2.14. The number of aromatic nitrogens is 2. The van der Waals surface area contributed by atoms with Gasteiger partial charge in [0.05, 0.1) is 0 Å². The van der Waals surface area contributed by atoms with Crippen molar-refractivity contribution in [2.24, 2.45) is 5.92 Å². The van der Waals surface area contributed by atoms with E-state index in [9.17, 15) is 0 Å². The fourth-order valence-corrected chi connectivity index (χ4v) is 1.59. The molecule has 5 heteroatoms. The largest absolute Gasteiger partial charge is 0.413 e. The first-order chi connectivity index (χ1) is 5.77. The zero-order valence-electron chi connectivity index (χ0n) is 6.66. The third-order valence-corrected chi connectivity index (χ3v) is 2.37. The second-order valence-electron chi connectivity index (χ2n) is 2.95. The van der Waals surface area contributed by atoms with Crippen LogP contribution in [0.25, 0.3) is 0 Å². The van der Waals surface area contributed by atoms with Gasteiger partial charge in [-0.05, 0) is 12.3 Å². The van der Waals surface area contributed by atoms with Crippen LogP contribution in [0, 0.1) is 5.92 Å². The molecule has 2 atom stereocenters. The molecule has 0 N–H and O–H groups in total. The van der Waals surface area contributed by atoms with Gasteiger partial charge in [-0.15, -0.1) is 10.2 Å². The van der Waals surface area contributed by atoms with Crippen LogP contribution >= 0.6 is 15.9 Å². The van der Waals surface area contributed by atoms with E-state index in [0.29, 0.717) is 16.6 Å². The third kappa shape index (κ3) is 1.38. The van der Waals surface area contributed by atoms with Crippen molar-refractivity contribution < 1.29 is 9.15 Å². The molecule has 66 valence electrons. The van der Waals surface area contributed by atoms with Crippen LogP contribution in [0.2, 0.25) is 0 Å². The number of halogens is 1. The maximum Gasteiger partial charge on any atom is 0.284 e. The van der Waals surface area contributed by atoms with Crippen molar-refractivity contribution in [2.75, 3.05) is 6.61 Å². The van der Waals surface area contributed by atoms with Gasteiger partial charge in [0.2, 0.25) is 5.89 Å². The standard InChI is InChI=1S/C7H9BrN2O2/c1-4-2-3-11-5(4)6-9-10-7(8)12-6/h4-5H,2-3H2,1H3. The summed E-state index contributed by atoms with van der Waals surface area (Å²) in [6.07, 6.45) is 1.05. The second-order valence-corrected chi connectivity index (χ2v) is 3.63. The first-order valence-corrected chi connectivity index (χ1v) is 4.67. The van der Waals surface area contributed by atoms with Crippen molar-refractivity contribution in [3.05, 3.63) is 10.7 Å². The zero-order chi connectivity index (χ0) is 8.55. The lowest BCUT2D eigenvalue weighted by molar-refractivity contribution is 0.0707. The minimum Gasteiger partial charge on any atom is -0.413 e. The fraction of sp³-hybridized carbons (Fsp3) is 0.714. The molecule has 0 aromatic carbocycles. The molecule has 1 aliphatic heterocycles. The quantitative estimate of drug-likeness (QED) is 0.743. The Morgan fingerprint density at radius 3 is 2.83 bits per heavy atom. The van der Waals surface area contributed by atoms with Crippen molar-refractivity contribution >= 4 is 15.9 Å². The topological polar surface area (TPSA) is 48.2 Å². The molecule has 1 saturated heterocycles. The highest BCUT2D eigenvalue weighted by Crippen LogP contribution is 2.33. The molecule has 1 fully saturated rings. The van der Waals surface area contributed by atoms with Crippen molar-refractivity contribution in [3.63, 3.8) is 0 Å². The van der Waals surface area contributed by atoms with Gasteiger partial charge in [0.15, 0.2) is 0 Å². The molecule has 0 spiro atoms. The normalized spacial score (nSPS) is 29.5. The van der Waals surface area contributed by atoms with Crippen molar-refractivity contribution in [1.29, 1.82) is 0 Å². The Bertz CT molecular complexity index is 276. The number of nitrogens with zero attached hydrogens (tertiary/aromatic N) is 2. The molecular formula is C7H9BrN2O2. The lowest BCUT2D eigenvalue weighted by Crippen LogP contribution is -2.03. The van der Waals surface area contributed by atoms with Gasteiger partial charge in [0.1, 0.15) is 6.10 Å². The molecule has 0 radical (unpaired) electrons. The van der Waals surface area contributed by atoms with E-state index in [1.807, 2.05) is 0 Å². The molecule has 4 nitrogen and oxygen atoms in total. The number of ether oxygens (including phenoxy) is 1. The van der Waals surface area contributed by atoms with Crippen LogP contribution in [0.1, 0.15) is 25.3 Å². The van der Waals surface area contributed by atoms with E-state index in [1.54, 1.807) is 0 Å². The highest BCUT2D eigenvalue weighted by molar-refractivity contribution is 9.10. The molecule has 1 aromatic rings. The van der Waals surface area contributed by atoms with Crippen LogP contribution in [-0.4, -0.2) is 16.8 Å². The summed E-state index contributed by atoms with van der Waals surface area (Å²) in [6, 6.07) is 0. The zero-order valence-corrected chi connectivity index (χ0v) is 8.24. The molecule has 1 aromatic heterocycles. The first-order valence-electron chi connectivity index (χ1n) is 3.88. The summed E-state index contributed by atoms with van der Waals surface area (Å²) in [5, 5.41) is 7.58. The second kappa shape index (κ2) is 3.14. The Hall–Kier alpha value is -0.420. The summed E-state index contributed by atoms with van der Waals surface area (Å²) in [4.78, 5) is 0.417. The van der Waals surface area contributed by atoms with Crippen LogP contribution in [-0.2, 0) is 4.74 Å². The number of hydrogen-bond donors (Lipinski definition) is 0. The Labute approximate surface area is 78.4 Å². The molecule has 0 saturated carbocycles. The van der Waals surface area contributed by atoms with E-state index in [4.69, 9.17) is 9.15 Å². The SMILES string of the molecule is CC1CCOC1c1nnc(Br)o1. The predicted octanol–water partition coefficient (Wildman–Crippen LogP) is 1.93. The maximum absolute atomic E-state index is 5.45. The predicted molar refractivity (Wildman–Crippen MR) is 44.5 cm³/mol. The minimum atomic E-state index is -0.0104. The van der Waals surface area contributed by atoms with E-state index < -0.39 is 0 Å². The van der Waals surface area contributed by atoms with Crippen LogP contribution in [0.5, 0.6) is 0 Å². The van der Waals surface area contributed by atoms with Crippen LogP contribution in [0.4, 0.5) is 0 Å². The monoisotopic (exact) mass is 232 g/mol. The summed E-state index contributed by atoms with van der Waals surface area (Å²) in [7, 11) is 0. The smallest absolute Gasteiger partial charge is 0.284 e. The Morgan fingerprint density at radius 1 is 1.50 bits per heavy atom. The minimum absolute atomic E-state index is 0.0104. The lowest BCUT2D eigenvalue weighted by atomic mass is 10.0. The molecule has 1 aliphatic rings. The van der Waals surface area contributed by atoms with Gasteiger partial charge in [0, 0.05) is 22.5 Å². The van der Waals surface area contributed by atoms with Crippen molar-refractivity contribution in [3.8, 4) is 0 Å².